The Hall–Kier alpha value is -1.88. The van der Waals surface area contributed by atoms with E-state index in [1.165, 1.54) is 31.6 Å². The maximum Gasteiger partial charge on any atom is 0.293 e. The molecule has 0 unspecified atom stereocenters. The maximum absolute atomic E-state index is 13.2. The van der Waals surface area contributed by atoms with Crippen LogP contribution in [0.5, 0.6) is 5.75 Å². The lowest BCUT2D eigenvalue weighted by Crippen LogP contribution is -2.11. The number of rotatable bonds is 2. The summed E-state index contributed by atoms with van der Waals surface area (Å²) in [6.45, 7) is 0. The van der Waals surface area contributed by atoms with Gasteiger partial charge in [0, 0.05) is 10.6 Å². The molecule has 0 saturated heterocycles. The van der Waals surface area contributed by atoms with Crippen LogP contribution >= 0.6 is 11.6 Å². The van der Waals surface area contributed by atoms with E-state index in [-0.39, 0.29) is 16.5 Å². The third-order valence-corrected chi connectivity index (χ3v) is 2.37. The molecule has 1 N–H and O–H groups in total. The summed E-state index contributed by atoms with van der Waals surface area (Å²) in [5, 5.41) is 0.226. The molecule has 88 valence electrons. The third kappa shape index (κ3) is 2.29. The minimum atomic E-state index is -0.503. The highest BCUT2D eigenvalue weighted by molar-refractivity contribution is 6.30. The lowest BCUT2D eigenvalue weighted by molar-refractivity contribution is 0.408. The van der Waals surface area contributed by atoms with Crippen molar-refractivity contribution in [2.24, 2.45) is 0 Å². The van der Waals surface area contributed by atoms with Crippen LogP contribution in [-0.2, 0) is 0 Å². The molecule has 17 heavy (non-hydrogen) atoms. The largest absolute Gasteiger partial charge is 0.490 e. The number of aromatic nitrogens is 2. The van der Waals surface area contributed by atoms with E-state index < -0.39 is 11.4 Å². The van der Waals surface area contributed by atoms with Crippen LogP contribution in [-0.4, -0.2) is 17.1 Å². The summed E-state index contributed by atoms with van der Waals surface area (Å²) < 4.78 is 18.1. The Bertz CT molecular complexity index is 592. The summed E-state index contributed by atoms with van der Waals surface area (Å²) in [5.74, 6) is -0.481. The molecule has 2 aromatic rings. The first-order valence-electron chi connectivity index (χ1n) is 4.70. The van der Waals surface area contributed by atoms with Crippen molar-refractivity contribution in [2.45, 2.75) is 0 Å². The molecule has 0 saturated carbocycles. The van der Waals surface area contributed by atoms with Crippen LogP contribution in [0, 0.1) is 5.82 Å². The monoisotopic (exact) mass is 254 g/mol. The molecule has 1 heterocycles. The van der Waals surface area contributed by atoms with Gasteiger partial charge in [-0.2, -0.15) is 0 Å². The summed E-state index contributed by atoms with van der Waals surface area (Å²) in [5.41, 5.74) is 0.202. The highest BCUT2D eigenvalue weighted by atomic mass is 35.5. The zero-order valence-electron chi connectivity index (χ0n) is 8.83. The van der Waals surface area contributed by atoms with Crippen LogP contribution in [0.2, 0.25) is 5.02 Å². The summed E-state index contributed by atoms with van der Waals surface area (Å²) in [4.78, 5) is 17.8. The lowest BCUT2D eigenvalue weighted by atomic mass is 10.1. The zero-order valence-corrected chi connectivity index (χ0v) is 9.58. The van der Waals surface area contributed by atoms with Crippen LogP contribution in [0.4, 0.5) is 4.39 Å². The summed E-state index contributed by atoms with van der Waals surface area (Å²) >= 11 is 5.74. The quantitative estimate of drug-likeness (QED) is 0.894. The average molecular weight is 255 g/mol. The van der Waals surface area contributed by atoms with Gasteiger partial charge in [-0.1, -0.05) is 11.6 Å². The number of methoxy groups -OCH3 is 1. The van der Waals surface area contributed by atoms with Crippen molar-refractivity contribution in [3.63, 3.8) is 0 Å². The van der Waals surface area contributed by atoms with E-state index in [2.05, 4.69) is 9.97 Å². The molecular weight excluding hydrogens is 247 g/mol. The Morgan fingerprint density at radius 2 is 2.18 bits per heavy atom. The summed E-state index contributed by atoms with van der Waals surface area (Å²) in [6, 6.07) is 3.91. The molecule has 0 aliphatic rings. The Kier molecular flexibility index (Phi) is 3.10. The van der Waals surface area contributed by atoms with Gasteiger partial charge in [-0.15, -0.1) is 0 Å². The Morgan fingerprint density at radius 3 is 2.82 bits per heavy atom. The van der Waals surface area contributed by atoms with Crippen molar-refractivity contribution >= 4 is 11.6 Å². The molecule has 0 spiro atoms. The van der Waals surface area contributed by atoms with Gasteiger partial charge in [0.1, 0.15) is 11.5 Å². The number of aromatic amines is 1. The van der Waals surface area contributed by atoms with Crippen LogP contribution in [0.25, 0.3) is 11.3 Å². The van der Waals surface area contributed by atoms with E-state index in [1.54, 1.807) is 0 Å². The summed E-state index contributed by atoms with van der Waals surface area (Å²) in [7, 11) is 1.34. The van der Waals surface area contributed by atoms with Gasteiger partial charge in [-0.05, 0) is 18.2 Å². The molecule has 0 atom stereocenters. The second kappa shape index (κ2) is 4.55. The molecule has 2 rings (SSSR count). The Balaban J connectivity index is 2.68. The van der Waals surface area contributed by atoms with Gasteiger partial charge in [-0.3, -0.25) is 4.79 Å². The lowest BCUT2D eigenvalue weighted by Gasteiger charge is -2.06. The van der Waals surface area contributed by atoms with Gasteiger partial charge >= 0.3 is 0 Å². The average Bonchev–Trinajstić information content (AvgIpc) is 2.27. The number of benzene rings is 1. The molecule has 0 aliphatic carbocycles. The molecule has 1 aromatic heterocycles. The van der Waals surface area contributed by atoms with Crippen LogP contribution in [0.1, 0.15) is 0 Å². The molecule has 6 heteroatoms. The van der Waals surface area contributed by atoms with Gasteiger partial charge in [-0.25, -0.2) is 9.37 Å². The van der Waals surface area contributed by atoms with E-state index in [9.17, 15) is 9.18 Å². The van der Waals surface area contributed by atoms with Gasteiger partial charge in [0.25, 0.3) is 5.56 Å². The van der Waals surface area contributed by atoms with Crippen molar-refractivity contribution < 1.29 is 9.13 Å². The fourth-order valence-electron chi connectivity index (χ4n) is 1.47. The number of nitrogens with zero attached hydrogens (tertiary/aromatic N) is 1. The van der Waals surface area contributed by atoms with Crippen molar-refractivity contribution in [3.05, 3.63) is 45.7 Å². The first kappa shape index (κ1) is 11.6. The van der Waals surface area contributed by atoms with E-state index in [4.69, 9.17) is 16.3 Å². The molecule has 0 aliphatic heterocycles. The van der Waals surface area contributed by atoms with E-state index in [0.29, 0.717) is 5.56 Å². The van der Waals surface area contributed by atoms with Crippen molar-refractivity contribution in [1.82, 2.24) is 9.97 Å². The number of H-pyrrole nitrogens is 1. The van der Waals surface area contributed by atoms with Crippen LogP contribution < -0.4 is 10.3 Å². The predicted octanol–water partition coefficient (Wildman–Crippen LogP) is 2.24. The second-order valence-electron chi connectivity index (χ2n) is 3.27. The fourth-order valence-corrected chi connectivity index (χ4v) is 1.69. The molecule has 0 amide bonds. The number of hydrogen-bond donors (Lipinski definition) is 1. The standard InChI is InChI=1S/C11H8ClFN2O2/c1-17-10-9(14-5-15-11(10)16)6-2-7(12)4-8(13)3-6/h2-5H,1H3,(H,14,15,16). The molecule has 0 fully saturated rings. The van der Waals surface area contributed by atoms with Crippen LogP contribution in [0.15, 0.2) is 29.3 Å². The highest BCUT2D eigenvalue weighted by Gasteiger charge is 2.12. The van der Waals surface area contributed by atoms with Crippen molar-refractivity contribution in [2.75, 3.05) is 7.11 Å². The second-order valence-corrected chi connectivity index (χ2v) is 3.71. The van der Waals surface area contributed by atoms with Gasteiger partial charge < -0.3 is 9.72 Å². The molecule has 0 radical (unpaired) electrons. The van der Waals surface area contributed by atoms with E-state index in [0.717, 1.165) is 0 Å². The SMILES string of the molecule is COc1c(-c2cc(F)cc(Cl)c2)nc[nH]c1=O. The number of halogens is 2. The maximum atomic E-state index is 13.2. The van der Waals surface area contributed by atoms with Gasteiger partial charge in [0.05, 0.1) is 13.4 Å². The van der Waals surface area contributed by atoms with Crippen molar-refractivity contribution in [1.29, 1.82) is 0 Å². The topological polar surface area (TPSA) is 55.0 Å². The smallest absolute Gasteiger partial charge is 0.293 e. The third-order valence-electron chi connectivity index (χ3n) is 2.15. The van der Waals surface area contributed by atoms with Crippen molar-refractivity contribution in [3.8, 4) is 17.0 Å². The predicted molar refractivity (Wildman–Crippen MR) is 61.8 cm³/mol. The molecular formula is C11H8ClFN2O2. The molecule has 1 aromatic carbocycles. The first-order chi connectivity index (χ1) is 8.11. The first-order valence-corrected chi connectivity index (χ1v) is 5.07. The number of ether oxygens (including phenoxy) is 1. The minimum Gasteiger partial charge on any atom is -0.490 e. The highest BCUT2D eigenvalue weighted by Crippen LogP contribution is 2.27. The van der Waals surface area contributed by atoms with Crippen LogP contribution in [0.3, 0.4) is 0 Å². The molecule has 4 nitrogen and oxygen atoms in total. The van der Waals surface area contributed by atoms with Gasteiger partial charge in [0.2, 0.25) is 5.75 Å². The van der Waals surface area contributed by atoms with E-state index in [1.807, 2.05) is 0 Å². The number of nitrogens with one attached hydrogen (secondary N) is 1. The fraction of sp³-hybridized carbons (Fsp3) is 0.0909. The molecule has 0 bridgehead atoms. The zero-order chi connectivity index (χ0) is 12.4. The number of hydrogen-bond acceptors (Lipinski definition) is 3. The summed E-state index contributed by atoms with van der Waals surface area (Å²) in [6.07, 6.45) is 1.22. The Morgan fingerprint density at radius 1 is 1.41 bits per heavy atom. The Labute approximate surface area is 101 Å². The minimum absolute atomic E-state index is 0.0224. The van der Waals surface area contributed by atoms with E-state index >= 15 is 0 Å². The van der Waals surface area contributed by atoms with Gasteiger partial charge in [0.15, 0.2) is 0 Å². The normalized spacial score (nSPS) is 10.3.